The number of pyridine rings is 1. The highest BCUT2D eigenvalue weighted by Gasteiger charge is 2.42. The maximum Gasteiger partial charge on any atom is 0.291 e. The van der Waals surface area contributed by atoms with Crippen molar-refractivity contribution in [2.75, 3.05) is 0 Å². The average molecular weight is 447 g/mol. The fraction of sp³-hybridized carbons (Fsp3) is 0.0870. The van der Waals surface area contributed by atoms with Crippen LogP contribution in [0.25, 0.3) is 11.0 Å². The Bertz CT molecular complexity index is 1280. The van der Waals surface area contributed by atoms with Gasteiger partial charge in [-0.15, -0.1) is 0 Å². The predicted molar refractivity (Wildman–Crippen MR) is 113 cm³/mol. The number of carbonyl (C=O) groups excluding carboxylic acids is 1. The van der Waals surface area contributed by atoms with E-state index in [1.54, 1.807) is 41.6 Å². The van der Waals surface area contributed by atoms with E-state index in [4.69, 9.17) is 4.42 Å². The van der Waals surface area contributed by atoms with E-state index in [2.05, 4.69) is 20.9 Å². The Hall–Kier alpha value is -3.25. The van der Waals surface area contributed by atoms with Gasteiger partial charge in [-0.05, 0) is 41.5 Å². The van der Waals surface area contributed by atoms with Gasteiger partial charge in [0.15, 0.2) is 5.43 Å². The Morgan fingerprint density at radius 3 is 2.55 bits per heavy atom. The standard InChI is InChI=1S/C23H15BrN2O3/c24-16-9-7-15(8-10-16)20-19-21(27)17-5-1-2-6-18(17)29-22(19)23(28)26(20)13-14-4-3-11-25-12-14/h1-12,20H,13H2/t20-/m1/s1. The van der Waals surface area contributed by atoms with Gasteiger partial charge in [0.05, 0.1) is 17.0 Å². The lowest BCUT2D eigenvalue weighted by molar-refractivity contribution is 0.0714. The van der Waals surface area contributed by atoms with E-state index in [-0.39, 0.29) is 17.1 Å². The van der Waals surface area contributed by atoms with Gasteiger partial charge in [-0.1, -0.05) is 46.3 Å². The summed E-state index contributed by atoms with van der Waals surface area (Å²) in [5.41, 5.74) is 2.37. The number of halogens is 1. The number of benzene rings is 2. The molecule has 2 aromatic carbocycles. The smallest absolute Gasteiger partial charge is 0.291 e. The molecule has 5 nitrogen and oxygen atoms in total. The van der Waals surface area contributed by atoms with Crippen LogP contribution in [0.4, 0.5) is 0 Å². The molecule has 0 N–H and O–H groups in total. The Balaban J connectivity index is 1.73. The molecule has 0 saturated carbocycles. The molecule has 2 aromatic heterocycles. The Labute approximate surface area is 174 Å². The van der Waals surface area contributed by atoms with Crippen molar-refractivity contribution in [1.82, 2.24) is 9.88 Å². The van der Waals surface area contributed by atoms with Gasteiger partial charge < -0.3 is 9.32 Å². The lowest BCUT2D eigenvalue weighted by atomic mass is 9.98. The van der Waals surface area contributed by atoms with Crippen molar-refractivity contribution in [3.05, 3.63) is 110 Å². The molecule has 1 amide bonds. The molecule has 0 spiro atoms. The van der Waals surface area contributed by atoms with Crippen LogP contribution in [-0.2, 0) is 6.54 Å². The SMILES string of the molecule is O=C1c2oc3ccccc3c(=O)c2[C@@H](c2ccc(Br)cc2)N1Cc1cccnc1. The first-order valence-corrected chi connectivity index (χ1v) is 9.94. The number of para-hydroxylation sites is 1. The summed E-state index contributed by atoms with van der Waals surface area (Å²) in [6.07, 6.45) is 3.41. The number of fused-ring (bicyclic) bond motifs is 2. The van der Waals surface area contributed by atoms with Crippen LogP contribution in [0.5, 0.6) is 0 Å². The molecule has 5 rings (SSSR count). The highest BCUT2D eigenvalue weighted by Crippen LogP contribution is 2.39. The van der Waals surface area contributed by atoms with Gasteiger partial charge in [0, 0.05) is 23.4 Å². The second-order valence-electron chi connectivity index (χ2n) is 6.92. The third-order valence-electron chi connectivity index (χ3n) is 5.13. The normalized spacial score (nSPS) is 15.7. The molecular formula is C23H15BrN2O3. The van der Waals surface area contributed by atoms with Crippen LogP contribution in [0, 0.1) is 0 Å². The minimum Gasteiger partial charge on any atom is -0.450 e. The molecule has 3 heterocycles. The third kappa shape index (κ3) is 2.96. The number of rotatable bonds is 3. The molecule has 1 atom stereocenters. The number of amides is 1. The topological polar surface area (TPSA) is 63.4 Å². The molecule has 0 fully saturated rings. The summed E-state index contributed by atoms with van der Waals surface area (Å²) in [4.78, 5) is 32.5. The van der Waals surface area contributed by atoms with Crippen LogP contribution in [0.2, 0.25) is 0 Å². The van der Waals surface area contributed by atoms with Crippen molar-refractivity contribution in [3.8, 4) is 0 Å². The van der Waals surface area contributed by atoms with Gasteiger partial charge in [-0.25, -0.2) is 0 Å². The second-order valence-corrected chi connectivity index (χ2v) is 7.83. The first kappa shape index (κ1) is 17.8. The van der Waals surface area contributed by atoms with Gasteiger partial charge in [-0.2, -0.15) is 0 Å². The third-order valence-corrected chi connectivity index (χ3v) is 5.66. The summed E-state index contributed by atoms with van der Waals surface area (Å²) >= 11 is 3.44. The van der Waals surface area contributed by atoms with Crippen molar-refractivity contribution in [2.24, 2.45) is 0 Å². The summed E-state index contributed by atoms with van der Waals surface area (Å²) in [6, 6.07) is 17.9. The van der Waals surface area contributed by atoms with Crippen LogP contribution in [-0.4, -0.2) is 15.8 Å². The molecule has 0 bridgehead atoms. The maximum atomic E-state index is 13.4. The van der Waals surface area contributed by atoms with E-state index in [0.717, 1.165) is 15.6 Å². The lowest BCUT2D eigenvalue weighted by Crippen LogP contribution is -2.29. The molecule has 0 aliphatic carbocycles. The van der Waals surface area contributed by atoms with E-state index in [0.29, 0.717) is 23.1 Å². The average Bonchev–Trinajstić information content (AvgIpc) is 3.02. The van der Waals surface area contributed by atoms with E-state index < -0.39 is 6.04 Å². The van der Waals surface area contributed by atoms with Gasteiger partial charge in [0.25, 0.3) is 5.91 Å². The Kier molecular flexibility index (Phi) is 4.28. The largest absolute Gasteiger partial charge is 0.450 e. The monoisotopic (exact) mass is 446 g/mol. The number of aromatic nitrogens is 1. The van der Waals surface area contributed by atoms with Crippen LogP contribution >= 0.6 is 15.9 Å². The number of hydrogen-bond acceptors (Lipinski definition) is 4. The van der Waals surface area contributed by atoms with E-state index in [1.807, 2.05) is 36.4 Å². The summed E-state index contributed by atoms with van der Waals surface area (Å²) in [5.74, 6) is -0.176. The summed E-state index contributed by atoms with van der Waals surface area (Å²) in [5, 5.41) is 0.476. The Morgan fingerprint density at radius 1 is 1.00 bits per heavy atom. The van der Waals surface area contributed by atoms with Crippen LogP contribution in [0.15, 0.2) is 86.7 Å². The highest BCUT2D eigenvalue weighted by molar-refractivity contribution is 9.10. The van der Waals surface area contributed by atoms with Gasteiger partial charge >= 0.3 is 0 Å². The van der Waals surface area contributed by atoms with E-state index in [1.165, 1.54) is 0 Å². The van der Waals surface area contributed by atoms with Crippen LogP contribution < -0.4 is 5.43 Å². The molecule has 0 saturated heterocycles. The van der Waals surface area contributed by atoms with Crippen molar-refractivity contribution in [3.63, 3.8) is 0 Å². The van der Waals surface area contributed by atoms with Crippen molar-refractivity contribution >= 4 is 32.8 Å². The van der Waals surface area contributed by atoms with Crippen molar-refractivity contribution in [1.29, 1.82) is 0 Å². The fourth-order valence-corrected chi connectivity index (χ4v) is 4.07. The van der Waals surface area contributed by atoms with Crippen LogP contribution in [0.3, 0.4) is 0 Å². The minimum atomic E-state index is -0.522. The van der Waals surface area contributed by atoms with Gasteiger partial charge in [-0.3, -0.25) is 14.6 Å². The first-order valence-electron chi connectivity index (χ1n) is 9.14. The minimum absolute atomic E-state index is 0.116. The zero-order valence-corrected chi connectivity index (χ0v) is 16.8. The van der Waals surface area contributed by atoms with Gasteiger partial charge in [0.1, 0.15) is 5.58 Å². The van der Waals surface area contributed by atoms with E-state index in [9.17, 15) is 9.59 Å². The molecule has 0 unspecified atom stereocenters. The molecule has 142 valence electrons. The highest BCUT2D eigenvalue weighted by atomic mass is 79.9. The Morgan fingerprint density at radius 2 is 1.79 bits per heavy atom. The summed E-state index contributed by atoms with van der Waals surface area (Å²) < 4.78 is 6.85. The first-order chi connectivity index (χ1) is 14.1. The number of hydrogen-bond donors (Lipinski definition) is 0. The summed E-state index contributed by atoms with van der Waals surface area (Å²) in [6.45, 7) is 0.327. The van der Waals surface area contributed by atoms with Crippen molar-refractivity contribution < 1.29 is 9.21 Å². The zero-order chi connectivity index (χ0) is 20.0. The predicted octanol–water partition coefficient (Wildman–Crippen LogP) is 4.70. The zero-order valence-electron chi connectivity index (χ0n) is 15.2. The lowest BCUT2D eigenvalue weighted by Gasteiger charge is -2.25. The van der Waals surface area contributed by atoms with Crippen LogP contribution in [0.1, 0.15) is 33.3 Å². The second kappa shape index (κ2) is 6.97. The van der Waals surface area contributed by atoms with E-state index >= 15 is 0 Å². The molecular weight excluding hydrogens is 432 g/mol. The molecule has 29 heavy (non-hydrogen) atoms. The maximum absolute atomic E-state index is 13.4. The number of nitrogens with zero attached hydrogens (tertiary/aromatic N) is 2. The number of carbonyl (C=O) groups is 1. The molecule has 4 aromatic rings. The molecule has 0 radical (unpaired) electrons. The molecule has 1 aliphatic rings. The van der Waals surface area contributed by atoms with Gasteiger partial charge in [0.2, 0.25) is 5.76 Å². The fourth-order valence-electron chi connectivity index (χ4n) is 3.81. The quantitative estimate of drug-likeness (QED) is 0.457. The van der Waals surface area contributed by atoms with Crippen molar-refractivity contribution in [2.45, 2.75) is 12.6 Å². The molecule has 1 aliphatic heterocycles. The summed E-state index contributed by atoms with van der Waals surface area (Å²) in [7, 11) is 0. The molecule has 6 heteroatoms.